The van der Waals surface area contributed by atoms with Crippen LogP contribution in [0.4, 0.5) is 0 Å². The van der Waals surface area contributed by atoms with Gasteiger partial charge in [-0.25, -0.2) is 25.3 Å². The van der Waals surface area contributed by atoms with Gasteiger partial charge in [-0.3, -0.25) is 12.5 Å². The van der Waals surface area contributed by atoms with Crippen LogP contribution in [0.2, 0.25) is 46.4 Å². The fraction of sp³-hybridized carbons (Fsp3) is 1.00. The molecule has 6 heterocycles. The molecule has 0 aromatic carbocycles. The summed E-state index contributed by atoms with van der Waals surface area (Å²) in [5.74, 6) is -0.946. The van der Waals surface area contributed by atoms with Crippen molar-refractivity contribution in [3.8, 4) is 0 Å². The van der Waals surface area contributed by atoms with E-state index in [0.717, 1.165) is 0 Å². The predicted molar refractivity (Wildman–Crippen MR) is 461 cm³/mol. The van der Waals surface area contributed by atoms with Crippen molar-refractivity contribution in [3.05, 3.63) is 0 Å². The summed E-state index contributed by atoms with van der Waals surface area (Å²) in [6.45, 7) is -9.78. The first-order valence-corrected chi connectivity index (χ1v) is 63.6. The zero-order valence-corrected chi connectivity index (χ0v) is 85.1. The zero-order chi connectivity index (χ0) is 109. The van der Waals surface area contributed by atoms with Gasteiger partial charge in [-0.2, -0.15) is 0 Å². The number of aliphatic hydroxyl groups is 40. The second-order valence-electron chi connectivity index (χ2n) is 31.6. The van der Waals surface area contributed by atoms with E-state index in [2.05, 4.69) is 25.1 Å². The first-order valence-electron chi connectivity index (χ1n) is 40.4. The molecule has 6 unspecified atom stereocenters. The number of rotatable bonds is 52. The minimum atomic E-state index is -5.39. The second-order valence-corrected chi connectivity index (χ2v) is 58.9. The molecule has 6 rings (SSSR count). The first kappa shape index (κ1) is 138. The molecule has 6 aliphatic rings. The third-order valence-electron chi connectivity index (χ3n) is 21.2. The van der Waals surface area contributed by atoms with Crippen LogP contribution in [0.3, 0.4) is 0 Å². The fourth-order valence-electron chi connectivity index (χ4n) is 14.5. The summed E-state index contributed by atoms with van der Waals surface area (Å²) < 4.78 is 215. The van der Waals surface area contributed by atoms with E-state index in [9.17, 15) is 221 Å². The van der Waals surface area contributed by atoms with Gasteiger partial charge in [0.15, 0.2) is 15.7 Å². The molecular weight excluding hydrogens is 2320 g/mol. The summed E-state index contributed by atoms with van der Waals surface area (Å²) in [4.78, 5) is -2.59. The molecule has 64 nitrogen and oxygen atoms in total. The molecule has 0 aromatic rings. The van der Waals surface area contributed by atoms with Crippen molar-refractivity contribution in [1.29, 1.82) is 0 Å². The molecule has 76 heteroatoms. The second kappa shape index (κ2) is 63.8. The van der Waals surface area contributed by atoms with Gasteiger partial charge in [-0.1, -0.05) is 0 Å². The van der Waals surface area contributed by atoms with Gasteiger partial charge in [0.25, 0.3) is 0 Å². The van der Waals surface area contributed by atoms with Crippen molar-refractivity contribution in [3.63, 3.8) is 0 Å². The molecule has 140 heavy (non-hydrogen) atoms. The minimum absolute atomic E-state index is 0.00452. The molecule has 6 saturated heterocycles. The van der Waals surface area contributed by atoms with Crippen LogP contribution in [-0.4, -0.2) is 661 Å². The molecule has 6 aliphatic heterocycles. The Morgan fingerprint density at radius 3 is 0.643 bits per heavy atom. The van der Waals surface area contributed by atoms with E-state index >= 15 is 0 Å². The van der Waals surface area contributed by atoms with Crippen LogP contribution in [-0.2, 0) is 120 Å². The molecule has 0 bridgehead atoms. The van der Waals surface area contributed by atoms with Crippen LogP contribution < -0.4 is 0 Å². The monoisotopic (exact) mass is 2450 g/mol. The van der Waals surface area contributed by atoms with Crippen molar-refractivity contribution in [1.82, 2.24) is 0 Å². The van der Waals surface area contributed by atoms with E-state index in [4.69, 9.17) is 61.3 Å². The SMILES string of the molecule is O=S(=O)([O-])O[C@@H](CO)[C@H](O)C[S+]1C[C@@H](O)[C@@H](O)[C@@H]1[C@@H](O)CO.O=S(=O)([O-])O[C@@H](CO)[C@H](O)C[S+]1C[C@H](O)[C@H](O)[C@H]1[C@H](O)CO.O=S(=O)([O-])O[C@@H](CO)[C@H](O)C[Se+]1C[C@@H](O)[C@@H](O)[C@@H]1[C@@H](O)CO.O=S(=O)([O-])O[C@@H](CO)[C@H](O)C[Se+]1C[C@H](O)[C@H](O)[C@H]1[C@H](O)CO.O=S(=O)([O-])O[C@@H]([C@H](O)[C@H](O)CO)[C@@H](O)C[S+]1C[C@H](O)[C@H](O)[C@H]1[C@H](O)CO.O=S(=O)([O-])O[C@@H]([C@H](O)[C@H](O)CO)[C@@H](O)C[Se+]1C[C@H](O)[C@H](O)[C@H]1[C@H](O)CO. The standard InChI is InChI=1S/C12H24O12S2.C12H24O12SSe.2C10H20O10S2.2C10H20O10SSe/c13-1-5(15)9(19)11(24-26(21,22)23)8(18)4-25-3-7(17)10(20)12(25)6(16)2-14;13-1-5(15)9(19)11(24-25(21,22)23)8(18)4-26-3-7(17)10(20)12(26)6(16)2-14;2*11-1-5(13)10-9(16)7(15)4-21(10)3-6(14)8(2-12)20-22(17,18)19;2*11-1-5(13)10-9(16)7(15)4-22(10)3-6(14)8(2-12)20-21(17,18)19/h2*5-20H,1-4H2;4*5-16H,1-4H2/t5-,6-,7+,8+,9-,10+,11-,12-,25?;5-,6-,7+,8+,9-,10+,11-,12-,26?;5-,6+,7+,8-,9+,10-,21?;5-,6-,7+,8+,9+,10-,21?;5-,6+,7+,8-,9+,10-,22?;5-,6-,7+,8+,9+,10-,22?/m110101/s1. The molecule has 0 saturated carbocycles. The number of hydrogen-bond donors (Lipinski definition) is 40. The summed E-state index contributed by atoms with van der Waals surface area (Å²) in [5.41, 5.74) is 0. The summed E-state index contributed by atoms with van der Waals surface area (Å²) in [5, 5.41) is 379. The van der Waals surface area contributed by atoms with Gasteiger partial charge in [0.05, 0.1) is 39.6 Å². The molecule has 0 amide bonds. The van der Waals surface area contributed by atoms with Gasteiger partial charge in [0, 0.05) is 32.7 Å². The van der Waals surface area contributed by atoms with Gasteiger partial charge in [-0.05, 0) is 0 Å². The first-order chi connectivity index (χ1) is 64.3. The van der Waals surface area contributed by atoms with E-state index in [0.29, 0.717) is 0 Å². The Morgan fingerprint density at radius 1 is 0.243 bits per heavy atom. The van der Waals surface area contributed by atoms with E-state index in [1.807, 2.05) is 0 Å². The molecule has 40 N–H and O–H groups in total. The fourth-order valence-corrected chi connectivity index (χ4v) is 45.1. The molecular formula is C64H128O64S9Se3. The quantitative estimate of drug-likeness (QED) is 0.0116. The Balaban J connectivity index is 0.000000841. The van der Waals surface area contributed by atoms with Crippen LogP contribution in [0, 0.1) is 0 Å². The van der Waals surface area contributed by atoms with E-state index in [-0.39, 0.29) is 60.7 Å². The predicted octanol–water partition coefficient (Wildman–Crippen LogP) is -28.4. The van der Waals surface area contributed by atoms with Gasteiger partial charge in [0.1, 0.15) is 138 Å². The Kier molecular flexibility index (Phi) is 63.0. The normalized spacial score (nSPS) is 33.3. The van der Waals surface area contributed by atoms with Crippen LogP contribution in [0.25, 0.3) is 0 Å². The maximum atomic E-state index is 10.8. The zero-order valence-electron chi connectivity index (χ0n) is 72.7. The molecule has 0 aliphatic carbocycles. The molecule has 46 atom stereocenters. The Bertz CT molecular complexity index is 3750. The summed E-state index contributed by atoms with van der Waals surface area (Å²) in [6.07, 6.45) is -52.0. The summed E-state index contributed by atoms with van der Waals surface area (Å²) in [7, 11) is -34.4. The van der Waals surface area contributed by atoms with Gasteiger partial charge in [-0.15, -0.1) is 0 Å². The number of aliphatic hydroxyl groups excluding tert-OH is 40. The Hall–Kier alpha value is 0.228. The molecule has 6 fully saturated rings. The van der Waals surface area contributed by atoms with Crippen molar-refractivity contribution in [2.24, 2.45) is 0 Å². The molecule has 0 aromatic heterocycles. The number of hydrogen-bond acceptors (Lipinski definition) is 64. The van der Waals surface area contributed by atoms with Crippen LogP contribution in [0.1, 0.15) is 0 Å². The van der Waals surface area contributed by atoms with Crippen LogP contribution >= 0.6 is 0 Å². The third kappa shape index (κ3) is 45.9. The van der Waals surface area contributed by atoms with Gasteiger partial charge >= 0.3 is 416 Å². The van der Waals surface area contributed by atoms with Crippen molar-refractivity contribution in [2.45, 2.75) is 270 Å². The van der Waals surface area contributed by atoms with Gasteiger partial charge in [0.2, 0.25) is 31.2 Å². The Morgan fingerprint density at radius 2 is 0.443 bits per heavy atom. The Labute approximate surface area is 821 Å². The van der Waals surface area contributed by atoms with E-state index in [1.165, 1.54) is 0 Å². The molecule has 840 valence electrons. The summed E-state index contributed by atoms with van der Waals surface area (Å²) >= 11 is -6.43. The van der Waals surface area contributed by atoms with Crippen molar-refractivity contribution in [2.75, 3.05) is 114 Å². The maximum absolute atomic E-state index is 10.8. The van der Waals surface area contributed by atoms with Crippen LogP contribution in [0.5, 0.6) is 0 Å². The van der Waals surface area contributed by atoms with Crippen LogP contribution in [0.15, 0.2) is 0 Å². The van der Waals surface area contributed by atoms with E-state index in [1.54, 1.807) is 0 Å². The topological polar surface area (TPSA) is 1210 Å². The van der Waals surface area contributed by atoms with Crippen molar-refractivity contribution >= 4 is 137 Å². The molecule has 0 spiro atoms. The average molecular weight is 2450 g/mol. The van der Waals surface area contributed by atoms with Gasteiger partial charge < -0.3 is 116 Å². The average Bonchev–Trinajstić information content (AvgIpc) is 1.70. The summed E-state index contributed by atoms with van der Waals surface area (Å²) in [6, 6.07) is 0. The van der Waals surface area contributed by atoms with E-state index < -0.39 is 460 Å². The molecule has 0 radical (unpaired) electrons. The third-order valence-corrected chi connectivity index (χ3v) is 51.0. The van der Waals surface area contributed by atoms with Crippen molar-refractivity contribution < 1.29 is 307 Å².